The lowest BCUT2D eigenvalue weighted by Crippen LogP contribution is -2.08. The van der Waals surface area contributed by atoms with Gasteiger partial charge in [-0.3, -0.25) is 4.98 Å². The predicted octanol–water partition coefficient (Wildman–Crippen LogP) is 3.82. The van der Waals surface area contributed by atoms with Gasteiger partial charge in [0.1, 0.15) is 11.9 Å². The Labute approximate surface area is 120 Å². The first kappa shape index (κ1) is 14.2. The summed E-state index contributed by atoms with van der Waals surface area (Å²) in [5, 5.41) is 10.3. The Morgan fingerprint density at radius 3 is 2.84 bits per heavy atom. The highest BCUT2D eigenvalue weighted by Gasteiger charge is 2.15. The molecule has 0 saturated carbocycles. The average molecular weight is 324 g/mol. The topological polar surface area (TPSA) is 33.1 Å². The molecule has 0 bridgehead atoms. The van der Waals surface area contributed by atoms with Crippen LogP contribution in [0.5, 0.6) is 0 Å². The zero-order valence-electron chi connectivity index (χ0n) is 10.6. The summed E-state index contributed by atoms with van der Waals surface area (Å²) < 4.78 is 14.5. The molecule has 1 aromatic heterocycles. The van der Waals surface area contributed by atoms with E-state index in [9.17, 15) is 9.50 Å². The van der Waals surface area contributed by atoms with E-state index in [2.05, 4.69) is 20.9 Å². The molecule has 1 N–H and O–H groups in total. The van der Waals surface area contributed by atoms with Crippen molar-refractivity contribution in [3.8, 4) is 0 Å². The summed E-state index contributed by atoms with van der Waals surface area (Å²) in [6.07, 6.45) is 1.87. The van der Waals surface area contributed by atoms with Gasteiger partial charge in [0.05, 0.1) is 5.69 Å². The monoisotopic (exact) mass is 323 g/mol. The van der Waals surface area contributed by atoms with E-state index in [0.717, 1.165) is 16.5 Å². The first-order valence-corrected chi connectivity index (χ1v) is 6.97. The molecular weight excluding hydrogens is 309 g/mol. The number of hydrogen-bond acceptors (Lipinski definition) is 2. The maximum Gasteiger partial charge on any atom is 0.126 e. The van der Waals surface area contributed by atoms with Crippen LogP contribution >= 0.6 is 15.9 Å². The number of aliphatic hydroxyl groups is 1. The fraction of sp³-hybridized carbons (Fsp3) is 0.267. The Bertz CT molecular complexity index is 574. The first-order valence-electron chi connectivity index (χ1n) is 6.17. The number of halogens is 2. The molecule has 0 amide bonds. The highest BCUT2D eigenvalue weighted by atomic mass is 79.9. The molecule has 0 fully saturated rings. The number of pyridine rings is 1. The molecule has 0 saturated heterocycles. The van der Waals surface area contributed by atoms with Crippen molar-refractivity contribution in [1.82, 2.24) is 4.98 Å². The van der Waals surface area contributed by atoms with Crippen LogP contribution in [0.3, 0.4) is 0 Å². The van der Waals surface area contributed by atoms with E-state index in [4.69, 9.17) is 0 Å². The van der Waals surface area contributed by atoms with Crippen LogP contribution < -0.4 is 0 Å². The Morgan fingerprint density at radius 2 is 2.11 bits per heavy atom. The van der Waals surface area contributed by atoms with Gasteiger partial charge in [0, 0.05) is 17.1 Å². The summed E-state index contributed by atoms with van der Waals surface area (Å²) in [4.78, 5) is 4.21. The molecule has 100 valence electrons. The summed E-state index contributed by atoms with van der Waals surface area (Å²) in [6, 6.07) is 8.50. The van der Waals surface area contributed by atoms with Crippen LogP contribution in [-0.4, -0.2) is 10.1 Å². The fourth-order valence-corrected chi connectivity index (χ4v) is 2.46. The van der Waals surface area contributed by atoms with Gasteiger partial charge < -0.3 is 5.11 Å². The third-order valence-electron chi connectivity index (χ3n) is 3.04. The van der Waals surface area contributed by atoms with Crippen LogP contribution in [0.1, 0.15) is 29.8 Å². The molecule has 0 aliphatic heterocycles. The number of aryl methyl sites for hydroxylation is 1. The minimum atomic E-state index is -0.792. The maximum absolute atomic E-state index is 13.7. The third-order valence-corrected chi connectivity index (χ3v) is 3.54. The molecule has 1 heterocycles. The second-order valence-corrected chi connectivity index (χ2v) is 5.27. The highest BCUT2D eigenvalue weighted by Crippen LogP contribution is 2.23. The summed E-state index contributed by atoms with van der Waals surface area (Å²) in [5.74, 6) is -0.309. The van der Waals surface area contributed by atoms with Crippen molar-refractivity contribution in [2.24, 2.45) is 0 Å². The fourth-order valence-electron chi connectivity index (χ4n) is 2.05. The third kappa shape index (κ3) is 3.39. The van der Waals surface area contributed by atoms with E-state index in [0.29, 0.717) is 11.3 Å². The molecule has 4 heteroatoms. The van der Waals surface area contributed by atoms with Crippen molar-refractivity contribution < 1.29 is 9.50 Å². The molecule has 0 radical (unpaired) electrons. The minimum absolute atomic E-state index is 0.218. The van der Waals surface area contributed by atoms with E-state index < -0.39 is 6.10 Å². The van der Waals surface area contributed by atoms with Gasteiger partial charge in [-0.05, 0) is 41.8 Å². The van der Waals surface area contributed by atoms with Crippen molar-refractivity contribution in [2.75, 3.05) is 0 Å². The largest absolute Gasteiger partial charge is 0.386 e. The molecule has 1 atom stereocenters. The van der Waals surface area contributed by atoms with Crippen molar-refractivity contribution in [1.29, 1.82) is 0 Å². The quantitative estimate of drug-likeness (QED) is 0.927. The van der Waals surface area contributed by atoms with E-state index in [1.807, 2.05) is 19.1 Å². The second kappa shape index (κ2) is 6.26. The summed E-state index contributed by atoms with van der Waals surface area (Å²) in [5.41, 5.74) is 2.10. The van der Waals surface area contributed by atoms with Crippen LogP contribution in [0, 0.1) is 5.82 Å². The zero-order valence-corrected chi connectivity index (χ0v) is 12.2. The van der Waals surface area contributed by atoms with E-state index in [1.165, 1.54) is 6.07 Å². The standard InChI is InChI=1S/C15H15BrFNO/c1-2-10-4-3-7-18-15(10)14(19)9-11-8-12(16)5-6-13(11)17/h3-8,14,19H,2,9H2,1H3. The minimum Gasteiger partial charge on any atom is -0.386 e. The van der Waals surface area contributed by atoms with Gasteiger partial charge in [0.25, 0.3) is 0 Å². The van der Waals surface area contributed by atoms with Gasteiger partial charge in [-0.25, -0.2) is 4.39 Å². The van der Waals surface area contributed by atoms with Gasteiger partial charge in [-0.1, -0.05) is 28.9 Å². The predicted molar refractivity (Wildman–Crippen MR) is 76.4 cm³/mol. The Balaban J connectivity index is 2.25. The molecule has 0 aliphatic rings. The molecule has 1 aromatic carbocycles. The second-order valence-electron chi connectivity index (χ2n) is 4.36. The number of rotatable bonds is 4. The molecule has 19 heavy (non-hydrogen) atoms. The van der Waals surface area contributed by atoms with Crippen molar-refractivity contribution in [3.05, 3.63) is 63.6 Å². The lowest BCUT2D eigenvalue weighted by atomic mass is 10.0. The van der Waals surface area contributed by atoms with E-state index in [-0.39, 0.29) is 12.2 Å². The number of aliphatic hydroxyl groups excluding tert-OH is 1. The SMILES string of the molecule is CCc1cccnc1C(O)Cc1cc(Br)ccc1F. The van der Waals surface area contributed by atoms with Gasteiger partial charge in [-0.15, -0.1) is 0 Å². The van der Waals surface area contributed by atoms with Crippen LogP contribution in [0.15, 0.2) is 41.0 Å². The Kier molecular flexibility index (Phi) is 4.66. The summed E-state index contributed by atoms with van der Waals surface area (Å²) in [6.45, 7) is 2.01. The van der Waals surface area contributed by atoms with Crippen LogP contribution in [0.4, 0.5) is 4.39 Å². The van der Waals surface area contributed by atoms with Gasteiger partial charge >= 0.3 is 0 Å². The van der Waals surface area contributed by atoms with Gasteiger partial charge in [0.2, 0.25) is 0 Å². The number of nitrogens with zero attached hydrogens (tertiary/aromatic N) is 1. The smallest absolute Gasteiger partial charge is 0.126 e. The summed E-state index contributed by atoms with van der Waals surface area (Å²) in [7, 11) is 0. The normalized spacial score (nSPS) is 12.4. The van der Waals surface area contributed by atoms with Crippen LogP contribution in [0.2, 0.25) is 0 Å². The van der Waals surface area contributed by atoms with Crippen LogP contribution in [0.25, 0.3) is 0 Å². The van der Waals surface area contributed by atoms with Crippen molar-refractivity contribution in [3.63, 3.8) is 0 Å². The maximum atomic E-state index is 13.7. The number of hydrogen-bond donors (Lipinski definition) is 1. The lowest BCUT2D eigenvalue weighted by molar-refractivity contribution is 0.171. The average Bonchev–Trinajstić information content (AvgIpc) is 2.42. The van der Waals surface area contributed by atoms with Gasteiger partial charge in [0.15, 0.2) is 0 Å². The summed E-state index contributed by atoms with van der Waals surface area (Å²) >= 11 is 3.31. The van der Waals surface area contributed by atoms with E-state index in [1.54, 1.807) is 18.3 Å². The van der Waals surface area contributed by atoms with Crippen molar-refractivity contribution in [2.45, 2.75) is 25.9 Å². The Hall–Kier alpha value is -1.26. The van der Waals surface area contributed by atoms with Crippen LogP contribution in [-0.2, 0) is 12.8 Å². The number of benzene rings is 1. The highest BCUT2D eigenvalue weighted by molar-refractivity contribution is 9.10. The molecule has 2 rings (SSSR count). The molecule has 2 nitrogen and oxygen atoms in total. The zero-order chi connectivity index (χ0) is 13.8. The van der Waals surface area contributed by atoms with E-state index >= 15 is 0 Å². The molecule has 1 unspecified atom stereocenters. The van der Waals surface area contributed by atoms with Crippen molar-refractivity contribution >= 4 is 15.9 Å². The number of aromatic nitrogens is 1. The Morgan fingerprint density at radius 1 is 1.32 bits per heavy atom. The first-order chi connectivity index (χ1) is 9.11. The molecule has 0 spiro atoms. The lowest BCUT2D eigenvalue weighted by Gasteiger charge is -2.14. The molecule has 2 aromatic rings. The van der Waals surface area contributed by atoms with Gasteiger partial charge in [-0.2, -0.15) is 0 Å². The molecular formula is C15H15BrFNO. The molecule has 0 aliphatic carbocycles.